The molecule has 0 aliphatic heterocycles. The number of methoxy groups -OCH3 is 1. The Kier molecular flexibility index (Phi) is 7.33. The molecule has 1 aromatic heterocycles. The van der Waals surface area contributed by atoms with E-state index in [9.17, 15) is 9.59 Å². The zero-order chi connectivity index (χ0) is 24.4. The highest BCUT2D eigenvalue weighted by Gasteiger charge is 2.17. The summed E-state index contributed by atoms with van der Waals surface area (Å²) in [5, 5.41) is 5.47. The summed E-state index contributed by atoms with van der Waals surface area (Å²) in [6.45, 7) is 0.161. The molecule has 1 N–H and O–H groups in total. The minimum Gasteiger partial charge on any atom is -0.493 e. The van der Waals surface area contributed by atoms with Gasteiger partial charge in [0, 0.05) is 10.0 Å². The molecular weight excluding hydrogens is 569 g/mol. The first-order chi connectivity index (χ1) is 16.3. The van der Waals surface area contributed by atoms with Crippen LogP contribution in [0.3, 0.4) is 0 Å². The number of benzene rings is 3. The monoisotopic (exact) mass is 581 g/mol. The second-order valence-corrected chi connectivity index (χ2v) is 8.98. The van der Waals surface area contributed by atoms with Gasteiger partial charge in [-0.1, -0.05) is 53.0 Å². The standard InChI is InChI=1S/C23H15BrCl3N3O4/c1-33-18-9-13(10-28-30-22(31)14-4-2-3-5-17(14)29-23(30)32)19(24)20(27)21(18)34-11-12-6-7-15(25)16(26)8-12/h2-10H,11H2,1H3,(H,29,32). The van der Waals surface area contributed by atoms with Gasteiger partial charge < -0.3 is 14.5 Å². The average Bonchev–Trinajstić information content (AvgIpc) is 2.82. The molecule has 0 radical (unpaired) electrons. The Balaban J connectivity index is 1.68. The Bertz CT molecular complexity index is 1550. The summed E-state index contributed by atoms with van der Waals surface area (Å²) in [4.78, 5) is 27.7. The molecule has 0 atom stereocenters. The predicted octanol–water partition coefficient (Wildman–Crippen LogP) is 5.88. The van der Waals surface area contributed by atoms with E-state index >= 15 is 0 Å². The van der Waals surface area contributed by atoms with Crippen LogP contribution in [0.25, 0.3) is 10.9 Å². The summed E-state index contributed by atoms with van der Waals surface area (Å²) < 4.78 is 12.5. The van der Waals surface area contributed by atoms with Crippen LogP contribution >= 0.6 is 50.7 Å². The van der Waals surface area contributed by atoms with Gasteiger partial charge in [-0.15, -0.1) is 4.68 Å². The fourth-order valence-electron chi connectivity index (χ4n) is 3.15. The molecular formula is C23H15BrCl3N3O4. The van der Waals surface area contributed by atoms with Gasteiger partial charge in [-0.3, -0.25) is 4.79 Å². The molecule has 0 aliphatic rings. The van der Waals surface area contributed by atoms with Crippen LogP contribution in [0.4, 0.5) is 0 Å². The summed E-state index contributed by atoms with van der Waals surface area (Å²) in [6, 6.07) is 13.4. The molecule has 0 amide bonds. The number of nitrogens with one attached hydrogen (secondary N) is 1. The van der Waals surface area contributed by atoms with Crippen molar-refractivity contribution in [2.24, 2.45) is 5.10 Å². The van der Waals surface area contributed by atoms with E-state index in [0.29, 0.717) is 42.5 Å². The highest BCUT2D eigenvalue weighted by atomic mass is 79.9. The van der Waals surface area contributed by atoms with Gasteiger partial charge in [0.05, 0.1) is 34.3 Å². The van der Waals surface area contributed by atoms with E-state index in [4.69, 9.17) is 44.3 Å². The summed E-state index contributed by atoms with van der Waals surface area (Å²) >= 11 is 22.0. The van der Waals surface area contributed by atoms with E-state index in [1.54, 1.807) is 48.5 Å². The molecule has 34 heavy (non-hydrogen) atoms. The summed E-state index contributed by atoms with van der Waals surface area (Å²) in [5.41, 5.74) is 0.452. The zero-order valence-corrected chi connectivity index (χ0v) is 21.3. The lowest BCUT2D eigenvalue weighted by Gasteiger charge is -2.15. The van der Waals surface area contributed by atoms with Crippen LogP contribution in [0.1, 0.15) is 11.1 Å². The number of aromatic nitrogens is 2. The molecule has 0 spiro atoms. The van der Waals surface area contributed by atoms with E-state index in [1.807, 2.05) is 0 Å². The van der Waals surface area contributed by atoms with Gasteiger partial charge in [0.2, 0.25) is 0 Å². The van der Waals surface area contributed by atoms with Crippen LogP contribution < -0.4 is 20.7 Å². The van der Waals surface area contributed by atoms with Crippen molar-refractivity contribution in [2.75, 3.05) is 7.11 Å². The number of nitrogens with zero attached hydrogens (tertiary/aromatic N) is 2. The van der Waals surface area contributed by atoms with E-state index in [0.717, 1.165) is 10.2 Å². The van der Waals surface area contributed by atoms with Gasteiger partial charge in [-0.2, -0.15) is 5.10 Å². The molecule has 0 bridgehead atoms. The molecule has 11 heteroatoms. The van der Waals surface area contributed by atoms with Crippen LogP contribution in [-0.4, -0.2) is 23.0 Å². The van der Waals surface area contributed by atoms with Crippen LogP contribution in [-0.2, 0) is 6.61 Å². The number of H-pyrrole nitrogens is 1. The molecule has 0 unspecified atom stereocenters. The van der Waals surface area contributed by atoms with Crippen molar-refractivity contribution in [1.82, 2.24) is 9.66 Å². The van der Waals surface area contributed by atoms with Gasteiger partial charge >= 0.3 is 5.69 Å². The number of halogens is 4. The molecule has 0 saturated heterocycles. The number of rotatable bonds is 6. The number of hydrogen-bond donors (Lipinski definition) is 1. The summed E-state index contributed by atoms with van der Waals surface area (Å²) in [7, 11) is 1.46. The fraction of sp³-hybridized carbons (Fsp3) is 0.0870. The first kappa shape index (κ1) is 24.3. The molecule has 0 fully saturated rings. The quantitative estimate of drug-likeness (QED) is 0.287. The molecule has 7 nitrogen and oxygen atoms in total. The lowest BCUT2D eigenvalue weighted by Crippen LogP contribution is -2.32. The average molecular weight is 584 g/mol. The zero-order valence-electron chi connectivity index (χ0n) is 17.4. The molecule has 3 aromatic carbocycles. The number of para-hydroxylation sites is 1. The van der Waals surface area contributed by atoms with Crippen LogP contribution in [0.2, 0.25) is 15.1 Å². The van der Waals surface area contributed by atoms with Gasteiger partial charge in [-0.05, 0) is 51.8 Å². The van der Waals surface area contributed by atoms with E-state index in [-0.39, 0.29) is 11.6 Å². The SMILES string of the molecule is COc1cc(C=Nn2c(=O)[nH]c3ccccc3c2=O)c(Br)c(Cl)c1OCc1ccc(Cl)c(Cl)c1. The molecule has 4 aromatic rings. The third-order valence-corrected chi connectivity index (χ3v) is 7.02. The van der Waals surface area contributed by atoms with Crippen molar-refractivity contribution in [1.29, 1.82) is 0 Å². The van der Waals surface area contributed by atoms with Gasteiger partial charge in [-0.25, -0.2) is 4.79 Å². The third-order valence-electron chi connectivity index (χ3n) is 4.84. The maximum atomic E-state index is 12.7. The largest absolute Gasteiger partial charge is 0.493 e. The van der Waals surface area contributed by atoms with Crippen LogP contribution in [0, 0.1) is 0 Å². The minimum atomic E-state index is -0.671. The lowest BCUT2D eigenvalue weighted by molar-refractivity contribution is 0.284. The first-order valence-corrected chi connectivity index (χ1v) is 11.6. The Morgan fingerprint density at radius 1 is 1.09 bits per heavy atom. The van der Waals surface area contributed by atoms with Gasteiger partial charge in [0.15, 0.2) is 11.5 Å². The number of hydrogen-bond acceptors (Lipinski definition) is 5. The maximum absolute atomic E-state index is 12.7. The number of fused-ring (bicyclic) bond motifs is 1. The van der Waals surface area contributed by atoms with Crippen molar-refractivity contribution in [3.05, 3.63) is 100 Å². The number of ether oxygens (including phenoxy) is 2. The molecule has 0 saturated carbocycles. The fourth-order valence-corrected chi connectivity index (χ4v) is 4.12. The minimum absolute atomic E-state index is 0.161. The Morgan fingerprint density at radius 3 is 2.59 bits per heavy atom. The Labute approximate surface area is 216 Å². The van der Waals surface area contributed by atoms with Gasteiger partial charge in [0.1, 0.15) is 11.6 Å². The molecule has 1 heterocycles. The topological polar surface area (TPSA) is 85.7 Å². The van der Waals surface area contributed by atoms with E-state index in [2.05, 4.69) is 26.0 Å². The smallest absolute Gasteiger partial charge is 0.349 e. The van der Waals surface area contributed by atoms with Crippen molar-refractivity contribution >= 4 is 67.9 Å². The summed E-state index contributed by atoms with van der Waals surface area (Å²) in [6.07, 6.45) is 1.33. The third kappa shape index (κ3) is 4.86. The maximum Gasteiger partial charge on any atom is 0.349 e. The van der Waals surface area contributed by atoms with E-state index < -0.39 is 11.2 Å². The molecule has 174 valence electrons. The molecule has 4 rings (SSSR count). The van der Waals surface area contributed by atoms with Crippen molar-refractivity contribution < 1.29 is 9.47 Å². The van der Waals surface area contributed by atoms with E-state index in [1.165, 1.54) is 13.3 Å². The Morgan fingerprint density at radius 2 is 1.85 bits per heavy atom. The van der Waals surface area contributed by atoms with Crippen molar-refractivity contribution in [3.8, 4) is 11.5 Å². The Hall–Kier alpha value is -2.78. The van der Waals surface area contributed by atoms with Crippen molar-refractivity contribution in [2.45, 2.75) is 6.61 Å². The molecule has 0 aliphatic carbocycles. The highest BCUT2D eigenvalue weighted by Crippen LogP contribution is 2.42. The first-order valence-electron chi connectivity index (χ1n) is 9.71. The predicted molar refractivity (Wildman–Crippen MR) is 138 cm³/mol. The highest BCUT2D eigenvalue weighted by molar-refractivity contribution is 9.10. The van der Waals surface area contributed by atoms with Crippen LogP contribution in [0.5, 0.6) is 11.5 Å². The van der Waals surface area contributed by atoms with Crippen molar-refractivity contribution in [3.63, 3.8) is 0 Å². The van der Waals surface area contributed by atoms with Crippen LogP contribution in [0.15, 0.2) is 67.7 Å². The number of aromatic amines is 1. The second-order valence-electron chi connectivity index (χ2n) is 7.00. The normalized spacial score (nSPS) is 11.3. The van der Waals surface area contributed by atoms with Gasteiger partial charge in [0.25, 0.3) is 5.56 Å². The lowest BCUT2D eigenvalue weighted by atomic mass is 10.2. The summed E-state index contributed by atoms with van der Waals surface area (Å²) in [5.74, 6) is 0.620. The second kappa shape index (κ2) is 10.2.